The molecule has 0 aromatic heterocycles. The molecule has 1 aliphatic rings. The minimum atomic E-state index is -0.624. The number of anilines is 1. The van der Waals surface area contributed by atoms with Crippen LogP contribution in [0, 0.1) is 5.92 Å². The van der Waals surface area contributed by atoms with E-state index in [0.29, 0.717) is 18.6 Å². The fraction of sp³-hybridized carbons (Fsp3) is 0.259. The lowest BCUT2D eigenvalue weighted by molar-refractivity contribution is -0.132. The van der Waals surface area contributed by atoms with Gasteiger partial charge in [-0.3, -0.25) is 9.59 Å². The fourth-order valence-corrected chi connectivity index (χ4v) is 4.32. The molecule has 6 nitrogen and oxygen atoms in total. The summed E-state index contributed by atoms with van der Waals surface area (Å²) in [5, 5.41) is 10.6. The zero-order valence-electron chi connectivity index (χ0n) is 18.7. The maximum atomic E-state index is 13.2. The van der Waals surface area contributed by atoms with E-state index < -0.39 is 6.10 Å². The van der Waals surface area contributed by atoms with Crippen molar-refractivity contribution >= 4 is 17.6 Å². The number of hydrogen-bond donors (Lipinski definition) is 1. The van der Waals surface area contributed by atoms with Gasteiger partial charge in [0.15, 0.2) is 0 Å². The smallest absolute Gasteiger partial charge is 0.308 e. The van der Waals surface area contributed by atoms with E-state index in [0.717, 1.165) is 22.6 Å². The predicted octanol–water partition coefficient (Wildman–Crippen LogP) is 4.84. The van der Waals surface area contributed by atoms with E-state index >= 15 is 0 Å². The highest BCUT2D eigenvalue weighted by Crippen LogP contribution is 2.46. The normalized spacial score (nSPS) is 18.4. The maximum Gasteiger partial charge on any atom is 0.308 e. The van der Waals surface area contributed by atoms with E-state index in [-0.39, 0.29) is 23.8 Å². The van der Waals surface area contributed by atoms with Gasteiger partial charge >= 0.3 is 5.97 Å². The van der Waals surface area contributed by atoms with Gasteiger partial charge in [0, 0.05) is 12.6 Å². The molecule has 1 aliphatic heterocycles. The van der Waals surface area contributed by atoms with Gasteiger partial charge in [-0.1, -0.05) is 42.5 Å². The Hall–Kier alpha value is -3.64. The van der Waals surface area contributed by atoms with Crippen LogP contribution >= 0.6 is 0 Å². The first kappa shape index (κ1) is 22.6. The summed E-state index contributed by atoms with van der Waals surface area (Å²) in [6.07, 6.45) is 0.414. The molecule has 1 saturated heterocycles. The quantitative estimate of drug-likeness (QED) is 0.305. The lowest BCUT2D eigenvalue weighted by Crippen LogP contribution is -2.55. The van der Waals surface area contributed by atoms with Gasteiger partial charge in [0.2, 0.25) is 5.91 Å². The summed E-state index contributed by atoms with van der Waals surface area (Å²) in [4.78, 5) is 26.2. The number of ether oxygens (including phenoxy) is 2. The summed E-state index contributed by atoms with van der Waals surface area (Å²) in [5.41, 5.74) is 2.58. The zero-order chi connectivity index (χ0) is 23.4. The van der Waals surface area contributed by atoms with E-state index in [1.165, 1.54) is 6.92 Å². The van der Waals surface area contributed by atoms with Crippen LogP contribution in [-0.2, 0) is 9.59 Å². The van der Waals surface area contributed by atoms with Gasteiger partial charge in [0.05, 0.1) is 25.2 Å². The van der Waals surface area contributed by atoms with Crippen molar-refractivity contribution in [3.8, 4) is 11.5 Å². The van der Waals surface area contributed by atoms with E-state index in [2.05, 4.69) is 0 Å². The lowest BCUT2D eigenvalue weighted by Gasteiger charge is -2.48. The third-order valence-corrected chi connectivity index (χ3v) is 5.98. The maximum absolute atomic E-state index is 13.2. The highest BCUT2D eigenvalue weighted by atomic mass is 16.5. The number of hydrogen-bond acceptors (Lipinski definition) is 5. The molecular weight excluding hydrogens is 418 g/mol. The van der Waals surface area contributed by atoms with Crippen molar-refractivity contribution in [3.63, 3.8) is 0 Å². The number of benzene rings is 3. The van der Waals surface area contributed by atoms with Crippen LogP contribution in [0.15, 0.2) is 78.9 Å². The van der Waals surface area contributed by atoms with Crippen molar-refractivity contribution in [1.29, 1.82) is 0 Å². The summed E-state index contributed by atoms with van der Waals surface area (Å²) >= 11 is 0. The molecular formula is C27H27NO5. The summed E-state index contributed by atoms with van der Waals surface area (Å²) in [7, 11) is 1.60. The molecule has 33 heavy (non-hydrogen) atoms. The molecule has 0 aliphatic carbocycles. The minimum Gasteiger partial charge on any atom is -0.497 e. The van der Waals surface area contributed by atoms with Crippen molar-refractivity contribution in [3.05, 3.63) is 90.0 Å². The summed E-state index contributed by atoms with van der Waals surface area (Å²) in [5.74, 6) is 0.564. The largest absolute Gasteiger partial charge is 0.497 e. The number of carbonyl (C=O) groups excluding carboxylic acids is 2. The summed E-state index contributed by atoms with van der Waals surface area (Å²) < 4.78 is 10.4. The minimum absolute atomic E-state index is 0.0227. The van der Waals surface area contributed by atoms with Crippen LogP contribution in [0.1, 0.15) is 43.0 Å². The van der Waals surface area contributed by atoms with Gasteiger partial charge in [0.25, 0.3) is 0 Å². The Bertz CT molecular complexity index is 1100. The lowest BCUT2D eigenvalue weighted by atomic mass is 9.78. The number of amides is 1. The Morgan fingerprint density at radius 2 is 1.61 bits per heavy atom. The first-order chi connectivity index (χ1) is 16.0. The molecule has 1 amide bonds. The van der Waals surface area contributed by atoms with E-state index in [1.807, 2.05) is 66.7 Å². The second-order valence-corrected chi connectivity index (χ2v) is 8.12. The van der Waals surface area contributed by atoms with Crippen LogP contribution in [0.4, 0.5) is 5.69 Å². The molecule has 1 fully saturated rings. The van der Waals surface area contributed by atoms with E-state index in [9.17, 15) is 14.7 Å². The monoisotopic (exact) mass is 445 g/mol. The average molecular weight is 446 g/mol. The third-order valence-electron chi connectivity index (χ3n) is 5.98. The average Bonchev–Trinajstić information content (AvgIpc) is 2.83. The van der Waals surface area contributed by atoms with Gasteiger partial charge in [-0.2, -0.15) is 0 Å². The molecule has 1 unspecified atom stereocenters. The van der Waals surface area contributed by atoms with Gasteiger partial charge in [-0.25, -0.2) is 0 Å². The SMILES string of the molecule is COc1ccc(N2C(=O)[C@H](CCC(O)c3ccccc3)[C@H]2c2ccc(OC(C)=O)cc2)cc1. The zero-order valence-corrected chi connectivity index (χ0v) is 18.7. The van der Waals surface area contributed by atoms with E-state index in [4.69, 9.17) is 9.47 Å². The van der Waals surface area contributed by atoms with Crippen LogP contribution in [-0.4, -0.2) is 24.1 Å². The molecule has 3 aromatic carbocycles. The first-order valence-electron chi connectivity index (χ1n) is 11.0. The molecule has 0 saturated carbocycles. The Morgan fingerprint density at radius 1 is 0.970 bits per heavy atom. The topological polar surface area (TPSA) is 76.1 Å². The Balaban J connectivity index is 1.56. The molecule has 6 heteroatoms. The number of β-lactam (4-membered cyclic amide) rings is 1. The molecule has 0 radical (unpaired) electrons. The van der Waals surface area contributed by atoms with Crippen molar-refractivity contribution in [2.24, 2.45) is 5.92 Å². The fourth-order valence-electron chi connectivity index (χ4n) is 4.32. The number of rotatable bonds is 8. The number of esters is 1. The second-order valence-electron chi connectivity index (χ2n) is 8.12. The number of aliphatic hydroxyl groups excluding tert-OH is 1. The Morgan fingerprint density at radius 3 is 2.21 bits per heavy atom. The standard InChI is InChI=1S/C27H27NO5/c1-18(29)33-23-12-8-20(9-13-23)26-24(16-17-25(30)19-6-4-3-5-7-19)27(31)28(26)21-10-14-22(32-2)15-11-21/h3-15,24-26,30H,16-17H2,1-2H3/t24-,25?,26-/m1/s1. The third kappa shape index (κ3) is 4.91. The molecule has 0 spiro atoms. The first-order valence-corrected chi connectivity index (χ1v) is 11.0. The summed E-state index contributed by atoms with van der Waals surface area (Å²) in [6.45, 7) is 1.36. The Kier molecular flexibility index (Phi) is 6.75. The highest BCUT2D eigenvalue weighted by Gasteiger charge is 2.48. The van der Waals surface area contributed by atoms with Crippen LogP contribution in [0.5, 0.6) is 11.5 Å². The molecule has 3 atom stereocenters. The molecule has 1 N–H and O–H groups in total. The molecule has 1 heterocycles. The van der Waals surface area contributed by atoms with Crippen LogP contribution in [0.3, 0.4) is 0 Å². The molecule has 3 aromatic rings. The highest BCUT2D eigenvalue weighted by molar-refractivity contribution is 6.03. The van der Waals surface area contributed by atoms with Crippen LogP contribution < -0.4 is 14.4 Å². The van der Waals surface area contributed by atoms with Crippen LogP contribution in [0.25, 0.3) is 0 Å². The van der Waals surface area contributed by atoms with Gasteiger partial charge in [-0.15, -0.1) is 0 Å². The van der Waals surface area contributed by atoms with Crippen LogP contribution in [0.2, 0.25) is 0 Å². The van der Waals surface area contributed by atoms with Crippen molar-refractivity contribution in [2.75, 3.05) is 12.0 Å². The number of nitrogens with zero attached hydrogens (tertiary/aromatic N) is 1. The van der Waals surface area contributed by atoms with Crippen molar-refractivity contribution < 1.29 is 24.2 Å². The number of carbonyl (C=O) groups is 2. The molecule has 170 valence electrons. The Labute approximate surface area is 193 Å². The molecule has 4 rings (SSSR count). The number of methoxy groups -OCH3 is 1. The van der Waals surface area contributed by atoms with Crippen molar-refractivity contribution in [1.82, 2.24) is 0 Å². The number of aliphatic hydroxyl groups is 1. The van der Waals surface area contributed by atoms with Crippen molar-refractivity contribution in [2.45, 2.75) is 31.9 Å². The molecule has 0 bridgehead atoms. The van der Waals surface area contributed by atoms with Gasteiger partial charge in [-0.05, 0) is 60.4 Å². The van der Waals surface area contributed by atoms with E-state index in [1.54, 1.807) is 24.1 Å². The van der Waals surface area contributed by atoms with Gasteiger partial charge in [0.1, 0.15) is 11.5 Å². The summed E-state index contributed by atoms with van der Waals surface area (Å²) in [6, 6.07) is 23.9. The van der Waals surface area contributed by atoms with Gasteiger partial charge < -0.3 is 19.5 Å². The second kappa shape index (κ2) is 9.88. The predicted molar refractivity (Wildman–Crippen MR) is 125 cm³/mol.